The number of nitrogens with one attached hydrogen (secondary N) is 1. The van der Waals surface area contributed by atoms with E-state index in [2.05, 4.69) is 24.4 Å². The molecule has 3 heteroatoms. The summed E-state index contributed by atoms with van der Waals surface area (Å²) in [4.78, 5) is 14.2. The summed E-state index contributed by atoms with van der Waals surface area (Å²) in [5.74, 6) is 0. The molecule has 1 N–H and O–H groups in total. The van der Waals surface area contributed by atoms with Gasteiger partial charge in [0, 0.05) is 19.0 Å². The third-order valence-corrected chi connectivity index (χ3v) is 4.05. The van der Waals surface area contributed by atoms with E-state index in [9.17, 15) is 4.79 Å². The number of rotatable bonds is 3. The van der Waals surface area contributed by atoms with Crippen LogP contribution in [0.25, 0.3) is 10.8 Å². The van der Waals surface area contributed by atoms with E-state index in [0.717, 1.165) is 22.0 Å². The molecular formula is C20H20N2O. The smallest absolute Gasteiger partial charge is 0.321 e. The number of nitrogens with zero attached hydrogens (tertiary/aromatic N) is 1. The number of anilines is 1. The van der Waals surface area contributed by atoms with Crippen LogP contribution in [0.1, 0.15) is 11.1 Å². The maximum atomic E-state index is 12.5. The van der Waals surface area contributed by atoms with Crippen molar-refractivity contribution < 1.29 is 4.79 Å². The number of hydrogen-bond acceptors (Lipinski definition) is 1. The predicted molar refractivity (Wildman–Crippen MR) is 95.6 cm³/mol. The first-order chi connectivity index (χ1) is 11.1. The normalized spacial score (nSPS) is 10.5. The molecule has 0 saturated heterocycles. The maximum Gasteiger partial charge on any atom is 0.321 e. The molecule has 0 aliphatic rings. The van der Waals surface area contributed by atoms with Crippen molar-refractivity contribution in [2.24, 2.45) is 0 Å². The summed E-state index contributed by atoms with van der Waals surface area (Å²) in [6, 6.07) is 22.0. The summed E-state index contributed by atoms with van der Waals surface area (Å²) >= 11 is 0. The van der Waals surface area contributed by atoms with Crippen molar-refractivity contribution in [3.8, 4) is 0 Å². The summed E-state index contributed by atoms with van der Waals surface area (Å²) in [7, 11) is 1.81. The lowest BCUT2D eigenvalue weighted by molar-refractivity contribution is 0.220. The number of fused-ring (bicyclic) bond motifs is 1. The molecule has 0 unspecified atom stereocenters. The second-order valence-electron chi connectivity index (χ2n) is 5.74. The van der Waals surface area contributed by atoms with Gasteiger partial charge in [0.1, 0.15) is 0 Å². The van der Waals surface area contributed by atoms with E-state index in [-0.39, 0.29) is 6.03 Å². The van der Waals surface area contributed by atoms with Crippen molar-refractivity contribution in [2.45, 2.75) is 13.5 Å². The average molecular weight is 304 g/mol. The molecule has 0 radical (unpaired) electrons. The molecule has 0 aromatic heterocycles. The van der Waals surface area contributed by atoms with Gasteiger partial charge in [-0.3, -0.25) is 0 Å². The van der Waals surface area contributed by atoms with Crippen LogP contribution in [-0.2, 0) is 6.54 Å². The van der Waals surface area contributed by atoms with Gasteiger partial charge in [0.2, 0.25) is 0 Å². The zero-order chi connectivity index (χ0) is 16.2. The van der Waals surface area contributed by atoms with E-state index in [1.165, 1.54) is 5.56 Å². The zero-order valence-corrected chi connectivity index (χ0v) is 13.4. The van der Waals surface area contributed by atoms with Crippen LogP contribution < -0.4 is 5.32 Å². The summed E-state index contributed by atoms with van der Waals surface area (Å²) in [6.45, 7) is 2.65. The van der Waals surface area contributed by atoms with E-state index in [1.807, 2.05) is 61.6 Å². The third-order valence-electron chi connectivity index (χ3n) is 4.05. The van der Waals surface area contributed by atoms with Gasteiger partial charge in [0.05, 0.1) is 5.69 Å². The van der Waals surface area contributed by atoms with Gasteiger partial charge in [-0.1, -0.05) is 60.7 Å². The molecule has 0 spiro atoms. The van der Waals surface area contributed by atoms with Crippen LogP contribution >= 0.6 is 0 Å². The fourth-order valence-electron chi connectivity index (χ4n) is 2.66. The van der Waals surface area contributed by atoms with Crippen LogP contribution in [0.4, 0.5) is 10.5 Å². The summed E-state index contributed by atoms with van der Waals surface area (Å²) in [5.41, 5.74) is 3.19. The SMILES string of the molecule is Cc1ccccc1CN(C)C(=O)Nc1cccc2ccccc12. The Balaban J connectivity index is 1.77. The topological polar surface area (TPSA) is 32.3 Å². The lowest BCUT2D eigenvalue weighted by Gasteiger charge is -2.20. The maximum absolute atomic E-state index is 12.5. The highest BCUT2D eigenvalue weighted by molar-refractivity contribution is 6.01. The molecule has 0 heterocycles. The highest BCUT2D eigenvalue weighted by Gasteiger charge is 2.11. The monoisotopic (exact) mass is 304 g/mol. The fraction of sp³-hybridized carbons (Fsp3) is 0.150. The Hall–Kier alpha value is -2.81. The minimum absolute atomic E-state index is 0.107. The molecule has 0 bridgehead atoms. The van der Waals surface area contributed by atoms with Crippen LogP contribution in [0.2, 0.25) is 0 Å². The van der Waals surface area contributed by atoms with E-state index in [0.29, 0.717) is 6.54 Å². The van der Waals surface area contributed by atoms with Gasteiger partial charge < -0.3 is 10.2 Å². The Morgan fingerprint density at radius 2 is 1.65 bits per heavy atom. The summed E-state index contributed by atoms with van der Waals surface area (Å²) < 4.78 is 0. The molecule has 3 aromatic carbocycles. The van der Waals surface area contributed by atoms with E-state index in [1.54, 1.807) is 4.90 Å². The van der Waals surface area contributed by atoms with Crippen LogP contribution in [0.5, 0.6) is 0 Å². The van der Waals surface area contributed by atoms with Gasteiger partial charge in [-0.15, -0.1) is 0 Å². The first-order valence-corrected chi connectivity index (χ1v) is 7.69. The largest absolute Gasteiger partial charge is 0.323 e. The van der Waals surface area contributed by atoms with Crippen LogP contribution in [0.15, 0.2) is 66.7 Å². The molecule has 2 amide bonds. The minimum atomic E-state index is -0.107. The second kappa shape index (κ2) is 6.53. The average Bonchev–Trinajstić information content (AvgIpc) is 2.57. The number of benzene rings is 3. The van der Waals surface area contributed by atoms with Gasteiger partial charge in [0.25, 0.3) is 0 Å². The number of hydrogen-bond donors (Lipinski definition) is 1. The molecule has 0 atom stereocenters. The minimum Gasteiger partial charge on any atom is -0.323 e. The lowest BCUT2D eigenvalue weighted by atomic mass is 10.1. The Labute approximate surface area is 136 Å². The van der Waals surface area contributed by atoms with Gasteiger partial charge in [-0.2, -0.15) is 0 Å². The van der Waals surface area contributed by atoms with Crippen molar-refractivity contribution in [1.29, 1.82) is 0 Å². The molecular weight excluding hydrogens is 284 g/mol. The second-order valence-corrected chi connectivity index (χ2v) is 5.74. The van der Waals surface area contributed by atoms with E-state index in [4.69, 9.17) is 0 Å². The Morgan fingerprint density at radius 1 is 0.957 bits per heavy atom. The van der Waals surface area contributed by atoms with Crippen LogP contribution in [0.3, 0.4) is 0 Å². The summed E-state index contributed by atoms with van der Waals surface area (Å²) in [5, 5.41) is 5.18. The van der Waals surface area contributed by atoms with Crippen molar-refractivity contribution >= 4 is 22.5 Å². The molecule has 0 aliphatic heterocycles. The fourth-order valence-corrected chi connectivity index (χ4v) is 2.66. The Morgan fingerprint density at radius 3 is 2.48 bits per heavy atom. The van der Waals surface area contributed by atoms with Gasteiger partial charge in [-0.05, 0) is 29.5 Å². The van der Waals surface area contributed by atoms with Crippen LogP contribution in [0, 0.1) is 6.92 Å². The first-order valence-electron chi connectivity index (χ1n) is 7.69. The molecule has 3 nitrogen and oxygen atoms in total. The molecule has 0 fully saturated rings. The van der Waals surface area contributed by atoms with Crippen molar-refractivity contribution in [1.82, 2.24) is 4.90 Å². The van der Waals surface area contributed by atoms with Crippen molar-refractivity contribution in [3.05, 3.63) is 77.9 Å². The van der Waals surface area contributed by atoms with Crippen molar-refractivity contribution in [3.63, 3.8) is 0 Å². The van der Waals surface area contributed by atoms with Crippen LogP contribution in [-0.4, -0.2) is 18.0 Å². The Bertz CT molecular complexity index is 836. The van der Waals surface area contributed by atoms with Gasteiger partial charge in [-0.25, -0.2) is 4.79 Å². The molecule has 23 heavy (non-hydrogen) atoms. The number of urea groups is 1. The zero-order valence-electron chi connectivity index (χ0n) is 13.4. The van der Waals surface area contributed by atoms with E-state index < -0.39 is 0 Å². The molecule has 116 valence electrons. The highest BCUT2D eigenvalue weighted by atomic mass is 16.2. The number of carbonyl (C=O) groups excluding carboxylic acids is 1. The quantitative estimate of drug-likeness (QED) is 0.739. The van der Waals surface area contributed by atoms with E-state index >= 15 is 0 Å². The highest BCUT2D eigenvalue weighted by Crippen LogP contribution is 2.23. The number of aryl methyl sites for hydroxylation is 1. The third kappa shape index (κ3) is 3.34. The Kier molecular flexibility index (Phi) is 4.29. The molecule has 0 aliphatic carbocycles. The number of amides is 2. The summed E-state index contributed by atoms with van der Waals surface area (Å²) in [6.07, 6.45) is 0. The van der Waals surface area contributed by atoms with Gasteiger partial charge in [0.15, 0.2) is 0 Å². The molecule has 0 saturated carbocycles. The predicted octanol–water partition coefficient (Wildman–Crippen LogP) is 4.81. The van der Waals surface area contributed by atoms with Crippen molar-refractivity contribution in [2.75, 3.05) is 12.4 Å². The van der Waals surface area contributed by atoms with Gasteiger partial charge >= 0.3 is 6.03 Å². The molecule has 3 aromatic rings. The first kappa shape index (κ1) is 15.1. The lowest BCUT2D eigenvalue weighted by Crippen LogP contribution is -2.31. The molecule has 3 rings (SSSR count). The number of carbonyl (C=O) groups is 1. The standard InChI is InChI=1S/C20H20N2O/c1-15-8-3-4-10-17(15)14-22(2)20(23)21-19-13-7-11-16-9-5-6-12-18(16)19/h3-13H,14H2,1-2H3,(H,21,23).